The highest BCUT2D eigenvalue weighted by atomic mass is 31.3. The zero-order valence-electron chi connectivity index (χ0n) is 15.6. The van der Waals surface area contributed by atoms with Crippen molar-refractivity contribution in [3.05, 3.63) is 22.7 Å². The molecule has 1 saturated heterocycles. The van der Waals surface area contributed by atoms with E-state index in [1.807, 2.05) is 0 Å². The van der Waals surface area contributed by atoms with Gasteiger partial charge in [-0.05, 0) is 6.07 Å². The Labute approximate surface area is 178 Å². The summed E-state index contributed by atoms with van der Waals surface area (Å²) in [6.07, 6.45) is 4.38. The standard InChI is InChI=1S/C12H17FN3O13P3/c1-2-11(16-4-3-8(14)15-10(16)18)6-26-12(5-13,9(11)17)7-27-31(22,23)29-32(24,25)28-30(19,20)21/h1,3-4,9,17H,5-7H2,(H,22,23)(H,24,25)(H2,14,15,18)(H2,19,20,21)/t9-,11+,12+/m0/s1. The van der Waals surface area contributed by atoms with E-state index in [1.165, 1.54) is 0 Å². The number of nitrogens with zero attached hydrogens (tertiary/aromatic N) is 2. The van der Waals surface area contributed by atoms with Gasteiger partial charge in [0.05, 0.1) is 13.2 Å². The molecular formula is C12H17FN3O13P3. The Morgan fingerprint density at radius 3 is 2.44 bits per heavy atom. The van der Waals surface area contributed by atoms with Gasteiger partial charge in [0.1, 0.15) is 24.2 Å². The summed E-state index contributed by atoms with van der Waals surface area (Å²) in [5, 5.41) is 10.7. The summed E-state index contributed by atoms with van der Waals surface area (Å²) in [5.41, 5.74) is -0.204. The van der Waals surface area contributed by atoms with Crippen molar-refractivity contribution in [2.24, 2.45) is 0 Å². The van der Waals surface area contributed by atoms with Crippen molar-refractivity contribution >= 4 is 29.3 Å². The molecule has 5 atom stereocenters. The number of hydrogen-bond donors (Lipinski definition) is 6. The first-order valence-corrected chi connectivity index (χ1v) is 12.5. The third-order valence-corrected chi connectivity index (χ3v) is 7.93. The molecular weight excluding hydrogens is 506 g/mol. The van der Waals surface area contributed by atoms with E-state index in [0.29, 0.717) is 0 Å². The molecule has 1 aliphatic rings. The molecule has 2 heterocycles. The van der Waals surface area contributed by atoms with Crippen molar-refractivity contribution in [2.45, 2.75) is 17.2 Å². The van der Waals surface area contributed by atoms with Gasteiger partial charge in [0.25, 0.3) is 0 Å². The summed E-state index contributed by atoms with van der Waals surface area (Å²) in [6.45, 7) is -3.65. The highest BCUT2D eigenvalue weighted by Crippen LogP contribution is 2.66. The molecule has 0 aromatic carbocycles. The molecule has 0 bridgehead atoms. The molecule has 0 saturated carbocycles. The van der Waals surface area contributed by atoms with Crippen LogP contribution in [0.5, 0.6) is 0 Å². The van der Waals surface area contributed by atoms with Crippen molar-refractivity contribution < 1.29 is 60.6 Å². The van der Waals surface area contributed by atoms with Gasteiger partial charge in [0.2, 0.25) is 0 Å². The second-order valence-corrected chi connectivity index (χ2v) is 10.7. The van der Waals surface area contributed by atoms with Crippen LogP contribution in [0.15, 0.2) is 17.1 Å². The van der Waals surface area contributed by atoms with Crippen molar-refractivity contribution in [2.75, 3.05) is 25.6 Å². The fourth-order valence-electron chi connectivity index (χ4n) is 2.72. The normalized spacial score (nSPS) is 29.7. The number of rotatable bonds is 9. The van der Waals surface area contributed by atoms with Gasteiger partial charge in [-0.2, -0.15) is 13.6 Å². The lowest BCUT2D eigenvalue weighted by Crippen LogP contribution is -2.56. The van der Waals surface area contributed by atoms with Crippen LogP contribution >= 0.6 is 23.5 Å². The molecule has 7 N–H and O–H groups in total. The van der Waals surface area contributed by atoms with Crippen molar-refractivity contribution in [1.82, 2.24) is 9.55 Å². The van der Waals surface area contributed by atoms with Crippen LogP contribution in [0.2, 0.25) is 0 Å². The smallest absolute Gasteiger partial charge is 0.386 e. The Kier molecular flexibility index (Phi) is 7.55. The molecule has 0 aliphatic carbocycles. The fraction of sp³-hybridized carbons (Fsp3) is 0.500. The van der Waals surface area contributed by atoms with Crippen LogP contribution < -0.4 is 11.4 Å². The number of aliphatic hydroxyl groups excluding tert-OH is 1. The van der Waals surface area contributed by atoms with E-state index in [0.717, 1.165) is 16.8 Å². The first kappa shape index (κ1) is 26.7. The zero-order valence-corrected chi connectivity index (χ0v) is 18.3. The summed E-state index contributed by atoms with van der Waals surface area (Å²) < 4.78 is 65.1. The Morgan fingerprint density at radius 2 is 1.94 bits per heavy atom. The second-order valence-electron chi connectivity index (χ2n) is 6.33. The lowest BCUT2D eigenvalue weighted by Gasteiger charge is -2.33. The molecule has 20 heteroatoms. The predicted octanol–water partition coefficient (Wildman–Crippen LogP) is -1.40. The summed E-state index contributed by atoms with van der Waals surface area (Å²) in [4.78, 5) is 51.3. The lowest BCUT2D eigenvalue weighted by atomic mass is 9.86. The molecule has 0 radical (unpaired) electrons. The molecule has 16 nitrogen and oxygen atoms in total. The monoisotopic (exact) mass is 523 g/mol. The maximum atomic E-state index is 13.9. The summed E-state index contributed by atoms with van der Waals surface area (Å²) in [6, 6.07) is 1.15. The van der Waals surface area contributed by atoms with Gasteiger partial charge < -0.3 is 35.2 Å². The number of nitrogen functional groups attached to an aromatic ring is 1. The topological polar surface area (TPSA) is 250 Å². The van der Waals surface area contributed by atoms with Gasteiger partial charge >= 0.3 is 29.2 Å². The number of nitrogens with two attached hydrogens (primary N) is 1. The molecule has 1 aliphatic heterocycles. The van der Waals surface area contributed by atoms with Gasteiger partial charge in [-0.25, -0.2) is 22.9 Å². The predicted molar refractivity (Wildman–Crippen MR) is 100 cm³/mol. The van der Waals surface area contributed by atoms with E-state index in [1.54, 1.807) is 0 Å². The maximum absolute atomic E-state index is 13.9. The molecule has 2 rings (SSSR count). The number of phosphoric ester groups is 1. The highest BCUT2D eigenvalue weighted by Gasteiger charge is 2.60. The number of alkyl halides is 1. The number of ether oxygens (including phenoxy) is 1. The summed E-state index contributed by atoms with van der Waals surface area (Å²) in [7, 11) is -17.1. The number of halogens is 1. The SMILES string of the molecule is C#C[C@@]1(n2ccc(N)nc2=O)CO[C@](CF)(COP(=O)(O)OP(=O)(O)OP(=O)(O)O)[C@H]1O. The molecule has 32 heavy (non-hydrogen) atoms. The van der Waals surface area contributed by atoms with E-state index in [4.69, 9.17) is 31.6 Å². The van der Waals surface area contributed by atoms with Crippen LogP contribution in [0.3, 0.4) is 0 Å². The van der Waals surface area contributed by atoms with Gasteiger partial charge in [-0.15, -0.1) is 6.42 Å². The van der Waals surface area contributed by atoms with Crippen LogP contribution in [0.1, 0.15) is 0 Å². The first-order valence-electron chi connectivity index (χ1n) is 8.01. The molecule has 2 unspecified atom stereocenters. The lowest BCUT2D eigenvalue weighted by molar-refractivity contribution is -0.103. The van der Waals surface area contributed by atoms with E-state index in [9.17, 15) is 32.9 Å². The number of aliphatic hydroxyl groups is 1. The number of phosphoric acid groups is 3. The molecule has 180 valence electrons. The second kappa shape index (κ2) is 9.03. The molecule has 0 amide bonds. The number of aromatic nitrogens is 2. The Bertz CT molecular complexity index is 1120. The average molecular weight is 523 g/mol. The summed E-state index contributed by atoms with van der Waals surface area (Å²) in [5.74, 6) is 1.90. The van der Waals surface area contributed by atoms with Crippen molar-refractivity contribution in [3.8, 4) is 12.3 Å². The Hall–Kier alpha value is -1.50. The minimum atomic E-state index is -5.83. The van der Waals surface area contributed by atoms with Gasteiger partial charge in [0.15, 0.2) is 5.54 Å². The Balaban J connectivity index is 2.28. The van der Waals surface area contributed by atoms with Gasteiger partial charge in [0, 0.05) is 6.20 Å². The number of anilines is 1. The average Bonchev–Trinajstić information content (AvgIpc) is 2.91. The van der Waals surface area contributed by atoms with E-state index in [-0.39, 0.29) is 5.82 Å². The molecule has 1 fully saturated rings. The number of terminal acetylenes is 1. The van der Waals surface area contributed by atoms with Crippen molar-refractivity contribution in [3.63, 3.8) is 0 Å². The van der Waals surface area contributed by atoms with E-state index in [2.05, 4.69) is 24.0 Å². The quantitative estimate of drug-likeness (QED) is 0.161. The maximum Gasteiger partial charge on any atom is 0.490 e. The summed E-state index contributed by atoms with van der Waals surface area (Å²) >= 11 is 0. The van der Waals surface area contributed by atoms with Crippen molar-refractivity contribution in [1.29, 1.82) is 0 Å². The van der Waals surface area contributed by atoms with Gasteiger partial charge in [-0.1, -0.05) is 5.92 Å². The molecule has 1 aromatic heterocycles. The van der Waals surface area contributed by atoms with E-state index < -0.39 is 66.3 Å². The van der Waals surface area contributed by atoms with Crippen LogP contribution in [0.25, 0.3) is 0 Å². The highest BCUT2D eigenvalue weighted by molar-refractivity contribution is 7.66. The van der Waals surface area contributed by atoms with Gasteiger partial charge in [-0.3, -0.25) is 9.09 Å². The van der Waals surface area contributed by atoms with E-state index >= 15 is 0 Å². The van der Waals surface area contributed by atoms with Crippen LogP contribution in [-0.4, -0.2) is 65.8 Å². The molecule has 1 aromatic rings. The zero-order chi connectivity index (χ0) is 24.6. The minimum Gasteiger partial charge on any atom is -0.386 e. The first-order chi connectivity index (χ1) is 14.5. The third kappa shape index (κ3) is 5.70. The van der Waals surface area contributed by atoms with Crippen LogP contribution in [-0.2, 0) is 37.1 Å². The minimum absolute atomic E-state index is 0.184. The fourth-order valence-corrected chi connectivity index (χ4v) is 5.80. The third-order valence-electron chi connectivity index (χ3n) is 4.15. The molecule has 0 spiro atoms. The van der Waals surface area contributed by atoms with Crippen LogP contribution in [0.4, 0.5) is 10.2 Å². The Morgan fingerprint density at radius 1 is 1.31 bits per heavy atom. The van der Waals surface area contributed by atoms with Crippen LogP contribution in [0, 0.1) is 12.3 Å². The largest absolute Gasteiger partial charge is 0.490 e. The number of hydrogen-bond acceptors (Lipinski definition) is 11.